The Kier molecular flexibility index (Phi) is 5.54. The number of nitrogens with zero attached hydrogens (tertiary/aromatic N) is 1. The van der Waals surface area contributed by atoms with Gasteiger partial charge < -0.3 is 15.3 Å². The van der Waals surface area contributed by atoms with Crippen LogP contribution in [0.4, 0.5) is 4.39 Å². The van der Waals surface area contributed by atoms with Crippen molar-refractivity contribution < 1.29 is 23.9 Å². The first-order valence-electron chi connectivity index (χ1n) is 7.82. The van der Waals surface area contributed by atoms with E-state index in [1.807, 2.05) is 0 Å². The van der Waals surface area contributed by atoms with Crippen molar-refractivity contribution in [2.24, 2.45) is 5.41 Å². The lowest BCUT2D eigenvalue weighted by Gasteiger charge is -2.37. The van der Waals surface area contributed by atoms with Crippen molar-refractivity contribution in [2.75, 3.05) is 19.6 Å². The number of likely N-dealkylation sites (tertiary alicyclic amines) is 1. The van der Waals surface area contributed by atoms with Gasteiger partial charge in [-0.2, -0.15) is 0 Å². The van der Waals surface area contributed by atoms with Gasteiger partial charge in [-0.1, -0.05) is 12.1 Å². The summed E-state index contributed by atoms with van der Waals surface area (Å²) in [6, 6.07) is 5.71. The molecule has 0 aliphatic carbocycles. The maximum absolute atomic E-state index is 13.1. The molecule has 2 amide bonds. The van der Waals surface area contributed by atoms with Crippen LogP contribution in [0.25, 0.3) is 0 Å². The van der Waals surface area contributed by atoms with E-state index < -0.39 is 17.2 Å². The number of amides is 2. The minimum Gasteiger partial charge on any atom is -0.481 e. The Morgan fingerprint density at radius 3 is 2.79 bits per heavy atom. The number of rotatable bonds is 5. The SMILES string of the molecule is CC1(C(=O)O)CCCN(C(=O)CNC(=O)Cc2cccc(F)c2)C1. The highest BCUT2D eigenvalue weighted by molar-refractivity contribution is 5.86. The van der Waals surface area contributed by atoms with Crippen molar-refractivity contribution in [1.29, 1.82) is 0 Å². The van der Waals surface area contributed by atoms with Gasteiger partial charge in [0.25, 0.3) is 0 Å². The number of piperidine rings is 1. The van der Waals surface area contributed by atoms with Crippen molar-refractivity contribution in [3.05, 3.63) is 35.6 Å². The van der Waals surface area contributed by atoms with Crippen LogP contribution in [0.1, 0.15) is 25.3 Å². The summed E-state index contributed by atoms with van der Waals surface area (Å²) in [6.07, 6.45) is 1.13. The predicted molar refractivity (Wildman–Crippen MR) is 84.7 cm³/mol. The fourth-order valence-electron chi connectivity index (χ4n) is 2.81. The number of aliphatic carboxylic acids is 1. The van der Waals surface area contributed by atoms with E-state index in [1.54, 1.807) is 13.0 Å². The van der Waals surface area contributed by atoms with E-state index in [0.717, 1.165) is 0 Å². The molecule has 2 rings (SSSR count). The Hall–Kier alpha value is -2.44. The van der Waals surface area contributed by atoms with Gasteiger partial charge in [0.2, 0.25) is 11.8 Å². The molecule has 24 heavy (non-hydrogen) atoms. The molecule has 1 aliphatic rings. The van der Waals surface area contributed by atoms with Crippen LogP contribution >= 0.6 is 0 Å². The summed E-state index contributed by atoms with van der Waals surface area (Å²) >= 11 is 0. The van der Waals surface area contributed by atoms with Crippen molar-refractivity contribution in [1.82, 2.24) is 10.2 Å². The lowest BCUT2D eigenvalue weighted by atomic mass is 9.82. The number of hydrogen-bond donors (Lipinski definition) is 2. The fraction of sp³-hybridized carbons (Fsp3) is 0.471. The Morgan fingerprint density at radius 1 is 1.38 bits per heavy atom. The lowest BCUT2D eigenvalue weighted by Crippen LogP contribution is -2.51. The molecular weight excluding hydrogens is 315 g/mol. The zero-order valence-electron chi connectivity index (χ0n) is 13.5. The minimum absolute atomic E-state index is 0.0160. The average molecular weight is 336 g/mol. The second-order valence-electron chi connectivity index (χ2n) is 6.37. The molecule has 6 nitrogen and oxygen atoms in total. The summed E-state index contributed by atoms with van der Waals surface area (Å²) in [5.41, 5.74) is -0.421. The zero-order valence-corrected chi connectivity index (χ0v) is 13.5. The van der Waals surface area contributed by atoms with Crippen LogP contribution in [-0.4, -0.2) is 47.4 Å². The van der Waals surface area contributed by atoms with Gasteiger partial charge in [0.05, 0.1) is 18.4 Å². The van der Waals surface area contributed by atoms with Gasteiger partial charge >= 0.3 is 5.97 Å². The van der Waals surface area contributed by atoms with Crippen molar-refractivity contribution >= 4 is 17.8 Å². The van der Waals surface area contributed by atoms with Gasteiger partial charge in [-0.15, -0.1) is 0 Å². The molecule has 1 atom stereocenters. The third-order valence-electron chi connectivity index (χ3n) is 4.26. The van der Waals surface area contributed by atoms with Crippen LogP contribution in [0.5, 0.6) is 0 Å². The summed E-state index contributed by atoms with van der Waals surface area (Å²) in [5, 5.41) is 11.8. The molecule has 2 N–H and O–H groups in total. The van der Waals surface area contributed by atoms with Crippen LogP contribution in [0.3, 0.4) is 0 Å². The normalized spacial score (nSPS) is 20.5. The van der Waals surface area contributed by atoms with Gasteiger partial charge in [-0.3, -0.25) is 14.4 Å². The van der Waals surface area contributed by atoms with Gasteiger partial charge in [-0.25, -0.2) is 4.39 Å². The minimum atomic E-state index is -0.945. The molecule has 0 bridgehead atoms. The number of carboxylic acids is 1. The molecule has 0 aromatic heterocycles. The van der Waals surface area contributed by atoms with Gasteiger partial charge in [0, 0.05) is 13.1 Å². The highest BCUT2D eigenvalue weighted by Crippen LogP contribution is 2.29. The number of carbonyl (C=O) groups is 3. The number of carboxylic acid groups (broad SMARTS) is 1. The monoisotopic (exact) mass is 336 g/mol. The highest BCUT2D eigenvalue weighted by Gasteiger charge is 2.39. The molecule has 0 radical (unpaired) electrons. The fourth-order valence-corrected chi connectivity index (χ4v) is 2.81. The van der Waals surface area contributed by atoms with E-state index >= 15 is 0 Å². The summed E-state index contributed by atoms with van der Waals surface area (Å²) in [4.78, 5) is 36.8. The van der Waals surface area contributed by atoms with Crippen LogP contribution in [0.15, 0.2) is 24.3 Å². The highest BCUT2D eigenvalue weighted by atomic mass is 19.1. The first kappa shape index (κ1) is 17.9. The topological polar surface area (TPSA) is 86.7 Å². The first-order chi connectivity index (χ1) is 11.3. The second kappa shape index (κ2) is 7.42. The Bertz CT molecular complexity index is 649. The third kappa shape index (κ3) is 4.53. The molecule has 1 saturated heterocycles. The molecule has 1 unspecified atom stereocenters. The molecule has 1 aromatic rings. The van der Waals surface area contributed by atoms with Crippen molar-refractivity contribution in [3.63, 3.8) is 0 Å². The van der Waals surface area contributed by atoms with Crippen LogP contribution in [0.2, 0.25) is 0 Å². The Morgan fingerprint density at radius 2 is 2.12 bits per heavy atom. The Labute approximate surface area is 139 Å². The molecule has 1 aromatic carbocycles. The average Bonchev–Trinajstić information content (AvgIpc) is 2.52. The second-order valence-corrected chi connectivity index (χ2v) is 6.37. The third-order valence-corrected chi connectivity index (χ3v) is 4.26. The van der Waals surface area contributed by atoms with E-state index in [2.05, 4.69) is 5.32 Å². The van der Waals surface area contributed by atoms with Gasteiger partial charge in [0.15, 0.2) is 0 Å². The molecule has 130 valence electrons. The predicted octanol–water partition coefficient (Wildman–Crippen LogP) is 1.20. The van der Waals surface area contributed by atoms with E-state index in [4.69, 9.17) is 0 Å². The van der Waals surface area contributed by atoms with E-state index in [0.29, 0.717) is 24.9 Å². The Balaban J connectivity index is 1.84. The molecular formula is C17H21FN2O4. The van der Waals surface area contributed by atoms with Crippen LogP contribution in [-0.2, 0) is 20.8 Å². The maximum Gasteiger partial charge on any atom is 0.311 e. The summed E-state index contributed by atoms with van der Waals surface area (Å²) < 4.78 is 13.1. The summed E-state index contributed by atoms with van der Waals surface area (Å²) in [7, 11) is 0. The van der Waals surface area contributed by atoms with Gasteiger partial charge in [-0.05, 0) is 37.5 Å². The molecule has 1 aliphatic heterocycles. The zero-order chi connectivity index (χ0) is 17.7. The van der Waals surface area contributed by atoms with Crippen molar-refractivity contribution in [2.45, 2.75) is 26.2 Å². The summed E-state index contributed by atoms with van der Waals surface area (Å²) in [6.45, 7) is 2.06. The van der Waals surface area contributed by atoms with Crippen LogP contribution < -0.4 is 5.32 Å². The number of halogens is 1. The first-order valence-corrected chi connectivity index (χ1v) is 7.82. The molecule has 7 heteroatoms. The standard InChI is InChI=1S/C17H21FN2O4/c1-17(16(23)24)6-3-7-20(11-17)15(22)10-19-14(21)9-12-4-2-5-13(18)8-12/h2,4-5,8H,3,6-7,9-11H2,1H3,(H,19,21)(H,23,24). The summed E-state index contributed by atoms with van der Waals surface area (Å²) in [5.74, 6) is -2.03. The molecule has 0 spiro atoms. The van der Waals surface area contributed by atoms with E-state index in [1.165, 1.54) is 23.1 Å². The maximum atomic E-state index is 13.1. The van der Waals surface area contributed by atoms with Crippen molar-refractivity contribution in [3.8, 4) is 0 Å². The molecule has 1 heterocycles. The molecule has 1 fully saturated rings. The van der Waals surface area contributed by atoms with E-state index in [9.17, 15) is 23.9 Å². The number of nitrogens with one attached hydrogen (secondary N) is 1. The largest absolute Gasteiger partial charge is 0.481 e. The lowest BCUT2D eigenvalue weighted by molar-refractivity contribution is -0.153. The smallest absolute Gasteiger partial charge is 0.311 e. The number of hydrogen-bond acceptors (Lipinski definition) is 3. The van der Waals surface area contributed by atoms with Gasteiger partial charge in [0.1, 0.15) is 5.82 Å². The van der Waals surface area contributed by atoms with E-state index in [-0.39, 0.29) is 31.3 Å². The molecule has 0 saturated carbocycles. The van der Waals surface area contributed by atoms with Crippen LogP contribution in [0, 0.1) is 11.2 Å². The number of carbonyl (C=O) groups excluding carboxylic acids is 2. The number of benzene rings is 1. The quantitative estimate of drug-likeness (QED) is 0.846.